The van der Waals surface area contributed by atoms with E-state index in [1.807, 2.05) is 18.2 Å². The van der Waals surface area contributed by atoms with Gasteiger partial charge in [-0.2, -0.15) is 5.10 Å². The Bertz CT molecular complexity index is 777. The van der Waals surface area contributed by atoms with Crippen LogP contribution in [0.4, 0.5) is 4.39 Å². The molecule has 3 rings (SSSR count). The Morgan fingerprint density at radius 2 is 1.91 bits per heavy atom. The molecule has 3 aromatic rings. The second-order valence-electron chi connectivity index (χ2n) is 5.11. The van der Waals surface area contributed by atoms with Gasteiger partial charge >= 0.3 is 0 Å². The van der Waals surface area contributed by atoms with Gasteiger partial charge in [-0.3, -0.25) is 0 Å². The van der Waals surface area contributed by atoms with Gasteiger partial charge in [-0.15, -0.1) is 0 Å². The van der Waals surface area contributed by atoms with Crippen molar-refractivity contribution >= 4 is 11.6 Å². The minimum Gasteiger partial charge on any atom is -0.367 e. The summed E-state index contributed by atoms with van der Waals surface area (Å²) in [5, 5.41) is 4.72. The number of ether oxygens (including phenoxy) is 1. The third-order valence-electron chi connectivity index (χ3n) is 3.82. The lowest BCUT2D eigenvalue weighted by Crippen LogP contribution is -2.35. The average molecular weight is 332 g/mol. The summed E-state index contributed by atoms with van der Waals surface area (Å²) in [6.45, 7) is 0.360. The van der Waals surface area contributed by atoms with Crippen LogP contribution in [0.25, 0.3) is 0 Å². The van der Waals surface area contributed by atoms with Crippen LogP contribution >= 0.6 is 11.6 Å². The van der Waals surface area contributed by atoms with E-state index < -0.39 is 5.60 Å². The van der Waals surface area contributed by atoms with Crippen LogP contribution in [0, 0.1) is 5.82 Å². The molecule has 0 aliphatic heterocycles. The molecule has 0 spiro atoms. The van der Waals surface area contributed by atoms with E-state index in [-0.39, 0.29) is 5.82 Å². The van der Waals surface area contributed by atoms with Crippen molar-refractivity contribution in [3.05, 3.63) is 83.2 Å². The van der Waals surface area contributed by atoms with Crippen LogP contribution in [0.1, 0.15) is 11.1 Å². The quantitative estimate of drug-likeness (QED) is 0.716. The predicted molar refractivity (Wildman–Crippen MR) is 85.7 cm³/mol. The zero-order valence-electron chi connectivity index (χ0n) is 12.5. The van der Waals surface area contributed by atoms with Crippen LogP contribution in [0.15, 0.2) is 61.2 Å². The number of hydrogen-bond acceptors (Lipinski definition) is 3. The molecule has 0 radical (unpaired) electrons. The Labute approximate surface area is 138 Å². The summed E-state index contributed by atoms with van der Waals surface area (Å²) in [4.78, 5) is 3.97. The van der Waals surface area contributed by atoms with Crippen molar-refractivity contribution in [2.75, 3.05) is 7.11 Å². The molecule has 0 saturated heterocycles. The molecule has 4 nitrogen and oxygen atoms in total. The number of halogens is 2. The average Bonchev–Trinajstić information content (AvgIpc) is 3.07. The van der Waals surface area contributed by atoms with E-state index in [2.05, 4.69) is 10.1 Å². The smallest absolute Gasteiger partial charge is 0.139 e. The Hall–Kier alpha value is -2.24. The van der Waals surface area contributed by atoms with E-state index in [0.717, 1.165) is 11.1 Å². The lowest BCUT2D eigenvalue weighted by molar-refractivity contribution is 0.00404. The summed E-state index contributed by atoms with van der Waals surface area (Å²) in [5.41, 5.74) is 0.663. The third-order valence-corrected chi connectivity index (χ3v) is 4.15. The Morgan fingerprint density at radius 1 is 1.17 bits per heavy atom. The van der Waals surface area contributed by atoms with Crippen LogP contribution < -0.4 is 0 Å². The molecule has 0 aliphatic carbocycles. The van der Waals surface area contributed by atoms with Gasteiger partial charge in [0.15, 0.2) is 0 Å². The highest BCUT2D eigenvalue weighted by molar-refractivity contribution is 6.31. The highest BCUT2D eigenvalue weighted by atomic mass is 35.5. The van der Waals surface area contributed by atoms with Crippen molar-refractivity contribution in [1.82, 2.24) is 14.8 Å². The van der Waals surface area contributed by atoms with E-state index in [1.165, 1.54) is 18.5 Å². The van der Waals surface area contributed by atoms with Crippen molar-refractivity contribution in [3.8, 4) is 0 Å². The highest BCUT2D eigenvalue weighted by Crippen LogP contribution is 2.38. The zero-order valence-corrected chi connectivity index (χ0v) is 13.2. The van der Waals surface area contributed by atoms with Gasteiger partial charge in [0.1, 0.15) is 24.1 Å². The number of methoxy groups -OCH3 is 1. The largest absolute Gasteiger partial charge is 0.367 e. The van der Waals surface area contributed by atoms with Crippen molar-refractivity contribution in [1.29, 1.82) is 0 Å². The summed E-state index contributed by atoms with van der Waals surface area (Å²) in [7, 11) is 1.60. The molecule has 1 atom stereocenters. The van der Waals surface area contributed by atoms with Crippen LogP contribution in [0.3, 0.4) is 0 Å². The van der Waals surface area contributed by atoms with Gasteiger partial charge in [0.05, 0.1) is 6.54 Å². The number of benzene rings is 2. The third kappa shape index (κ3) is 2.98. The standard InChI is InChI=1S/C17H15ClFN3O/c1-23-17(10-22-12-20-11-21-22,13-6-8-14(19)9-7-13)15-4-2-3-5-16(15)18/h2-9,11-12H,10H2,1H3. The van der Waals surface area contributed by atoms with Crippen molar-refractivity contribution in [2.45, 2.75) is 12.1 Å². The first-order valence-corrected chi connectivity index (χ1v) is 7.42. The van der Waals surface area contributed by atoms with E-state index in [4.69, 9.17) is 16.3 Å². The maximum absolute atomic E-state index is 13.3. The fourth-order valence-corrected chi connectivity index (χ4v) is 2.96. The molecule has 0 aliphatic rings. The second-order valence-corrected chi connectivity index (χ2v) is 5.52. The van der Waals surface area contributed by atoms with Crippen LogP contribution in [0.2, 0.25) is 5.02 Å². The first-order chi connectivity index (χ1) is 11.2. The predicted octanol–water partition coefficient (Wildman–Crippen LogP) is 3.66. The van der Waals surface area contributed by atoms with E-state index in [9.17, 15) is 4.39 Å². The fourth-order valence-electron chi connectivity index (χ4n) is 2.67. The highest BCUT2D eigenvalue weighted by Gasteiger charge is 2.37. The van der Waals surface area contributed by atoms with E-state index >= 15 is 0 Å². The lowest BCUT2D eigenvalue weighted by Gasteiger charge is -2.34. The molecule has 6 heteroatoms. The minimum atomic E-state index is -0.903. The Balaban J connectivity index is 2.18. The van der Waals surface area contributed by atoms with Crippen LogP contribution in [-0.4, -0.2) is 21.9 Å². The van der Waals surface area contributed by atoms with Gasteiger partial charge in [-0.25, -0.2) is 14.1 Å². The minimum absolute atomic E-state index is 0.307. The first-order valence-electron chi connectivity index (χ1n) is 7.04. The fraction of sp³-hybridized carbons (Fsp3) is 0.176. The SMILES string of the molecule is COC(Cn1cncn1)(c1ccc(F)cc1)c1ccccc1Cl. The molecule has 118 valence electrons. The summed E-state index contributed by atoms with van der Waals surface area (Å²) in [6.07, 6.45) is 3.06. The molecular weight excluding hydrogens is 317 g/mol. The van der Waals surface area contributed by atoms with Crippen molar-refractivity contribution in [3.63, 3.8) is 0 Å². The second kappa shape index (κ2) is 6.48. The molecule has 1 unspecified atom stereocenters. The van der Waals surface area contributed by atoms with E-state index in [0.29, 0.717) is 11.6 Å². The molecule has 1 heterocycles. The van der Waals surface area contributed by atoms with Crippen LogP contribution in [0.5, 0.6) is 0 Å². The Morgan fingerprint density at radius 3 is 2.52 bits per heavy atom. The zero-order chi connectivity index (χ0) is 16.3. The molecule has 0 bridgehead atoms. The summed E-state index contributed by atoms with van der Waals surface area (Å²) >= 11 is 6.41. The summed E-state index contributed by atoms with van der Waals surface area (Å²) in [6, 6.07) is 13.6. The normalized spacial score (nSPS) is 13.7. The maximum atomic E-state index is 13.3. The maximum Gasteiger partial charge on any atom is 0.139 e. The number of nitrogens with zero attached hydrogens (tertiary/aromatic N) is 3. The number of hydrogen-bond donors (Lipinski definition) is 0. The van der Waals surface area contributed by atoms with Crippen molar-refractivity contribution < 1.29 is 9.13 Å². The van der Waals surface area contributed by atoms with Crippen molar-refractivity contribution in [2.24, 2.45) is 0 Å². The molecule has 1 aromatic heterocycles. The van der Waals surface area contributed by atoms with E-state index in [1.54, 1.807) is 36.3 Å². The Kier molecular flexibility index (Phi) is 4.41. The topological polar surface area (TPSA) is 39.9 Å². The summed E-state index contributed by atoms with van der Waals surface area (Å²) in [5.74, 6) is -0.307. The lowest BCUT2D eigenvalue weighted by atomic mass is 9.85. The van der Waals surface area contributed by atoms with Gasteiger partial charge in [-0.05, 0) is 23.8 Å². The molecule has 0 fully saturated rings. The molecule has 23 heavy (non-hydrogen) atoms. The van der Waals surface area contributed by atoms with Gasteiger partial charge in [0, 0.05) is 17.7 Å². The van der Waals surface area contributed by atoms with Crippen LogP contribution in [-0.2, 0) is 16.9 Å². The number of rotatable bonds is 5. The molecule has 2 aromatic carbocycles. The van der Waals surface area contributed by atoms with Gasteiger partial charge in [0.2, 0.25) is 0 Å². The van der Waals surface area contributed by atoms with Gasteiger partial charge in [0.25, 0.3) is 0 Å². The molecule has 0 N–H and O–H groups in total. The summed E-state index contributed by atoms with van der Waals surface area (Å²) < 4.78 is 20.9. The monoisotopic (exact) mass is 331 g/mol. The first kappa shape index (κ1) is 15.6. The number of aromatic nitrogens is 3. The van der Waals surface area contributed by atoms with Gasteiger partial charge in [-0.1, -0.05) is 41.9 Å². The molecule has 0 amide bonds. The molecule has 0 saturated carbocycles. The van der Waals surface area contributed by atoms with Gasteiger partial charge < -0.3 is 4.74 Å². The molecular formula is C17H15ClFN3O.